The minimum absolute atomic E-state index is 0.0450. The van der Waals surface area contributed by atoms with Crippen LogP contribution in [0.3, 0.4) is 0 Å². The highest BCUT2D eigenvalue weighted by Crippen LogP contribution is 2.26. The van der Waals surface area contributed by atoms with Crippen molar-refractivity contribution < 1.29 is 14.6 Å². The molecule has 1 saturated heterocycles. The van der Waals surface area contributed by atoms with Crippen molar-refractivity contribution in [3.05, 3.63) is 42.4 Å². The van der Waals surface area contributed by atoms with E-state index in [0.29, 0.717) is 22.8 Å². The van der Waals surface area contributed by atoms with Crippen LogP contribution in [0.15, 0.2) is 36.8 Å². The molecule has 128 valence electrons. The third-order valence-corrected chi connectivity index (χ3v) is 4.17. The number of hydrogen-bond acceptors (Lipinski definition) is 6. The highest BCUT2D eigenvalue weighted by atomic mass is 16.5. The van der Waals surface area contributed by atoms with Crippen LogP contribution in [0.2, 0.25) is 0 Å². The lowest BCUT2D eigenvalue weighted by Gasteiger charge is -2.23. The standard InChI is InChI=1S/C17H17N5O3/c23-16(24)11-4-6-12(7-5-11)20-17-18-9-13-15(21-17)22(10-19-13)14-3-1-2-8-25-14/h4-7,9-10,14H,1-3,8H2,(H,23,24)(H,18,20,21). The molecule has 0 aliphatic carbocycles. The monoisotopic (exact) mass is 339 g/mol. The summed E-state index contributed by atoms with van der Waals surface area (Å²) in [7, 11) is 0. The Labute approximate surface area is 143 Å². The minimum Gasteiger partial charge on any atom is -0.478 e. The third-order valence-electron chi connectivity index (χ3n) is 4.17. The zero-order chi connectivity index (χ0) is 17.2. The van der Waals surface area contributed by atoms with E-state index < -0.39 is 5.97 Å². The number of nitrogens with zero attached hydrogens (tertiary/aromatic N) is 4. The molecule has 8 nitrogen and oxygen atoms in total. The molecule has 2 aromatic heterocycles. The fraction of sp³-hybridized carbons (Fsp3) is 0.294. The number of aromatic carboxylic acids is 1. The molecule has 0 radical (unpaired) electrons. The number of rotatable bonds is 4. The first-order chi connectivity index (χ1) is 12.2. The molecule has 1 atom stereocenters. The Morgan fingerprint density at radius 1 is 1.24 bits per heavy atom. The number of ether oxygens (including phenoxy) is 1. The summed E-state index contributed by atoms with van der Waals surface area (Å²) < 4.78 is 7.75. The van der Waals surface area contributed by atoms with Crippen LogP contribution in [0, 0.1) is 0 Å². The van der Waals surface area contributed by atoms with E-state index in [2.05, 4.69) is 20.3 Å². The molecule has 2 N–H and O–H groups in total. The smallest absolute Gasteiger partial charge is 0.335 e. The summed E-state index contributed by atoms with van der Waals surface area (Å²) in [6.07, 6.45) is 6.50. The Morgan fingerprint density at radius 2 is 2.08 bits per heavy atom. The van der Waals surface area contributed by atoms with Crippen molar-refractivity contribution in [2.24, 2.45) is 0 Å². The van der Waals surface area contributed by atoms with Crippen molar-refractivity contribution >= 4 is 28.8 Å². The molecule has 1 unspecified atom stereocenters. The molecule has 1 fully saturated rings. The molecule has 1 aliphatic rings. The Balaban J connectivity index is 1.60. The van der Waals surface area contributed by atoms with Crippen molar-refractivity contribution in [2.75, 3.05) is 11.9 Å². The predicted octanol–water partition coefficient (Wildman–Crippen LogP) is 2.97. The number of anilines is 2. The van der Waals surface area contributed by atoms with Gasteiger partial charge in [0.25, 0.3) is 0 Å². The van der Waals surface area contributed by atoms with Crippen LogP contribution in [0.4, 0.5) is 11.6 Å². The molecule has 25 heavy (non-hydrogen) atoms. The lowest BCUT2D eigenvalue weighted by molar-refractivity contribution is -0.0298. The number of nitrogens with one attached hydrogen (secondary N) is 1. The normalized spacial score (nSPS) is 17.5. The average molecular weight is 339 g/mol. The van der Waals surface area contributed by atoms with Gasteiger partial charge in [-0.3, -0.25) is 4.57 Å². The third kappa shape index (κ3) is 3.16. The second kappa shape index (κ2) is 6.48. The van der Waals surface area contributed by atoms with Crippen LogP contribution >= 0.6 is 0 Å². The number of aromatic nitrogens is 4. The average Bonchev–Trinajstić information content (AvgIpc) is 3.06. The first-order valence-corrected chi connectivity index (χ1v) is 8.12. The highest BCUT2D eigenvalue weighted by Gasteiger charge is 2.19. The van der Waals surface area contributed by atoms with Crippen LogP contribution in [0.1, 0.15) is 35.8 Å². The number of fused-ring (bicyclic) bond motifs is 1. The molecule has 0 saturated carbocycles. The van der Waals surface area contributed by atoms with Crippen LogP contribution in [0.5, 0.6) is 0 Å². The van der Waals surface area contributed by atoms with Gasteiger partial charge in [0.1, 0.15) is 11.7 Å². The number of benzene rings is 1. The van der Waals surface area contributed by atoms with Gasteiger partial charge in [0, 0.05) is 12.3 Å². The fourth-order valence-corrected chi connectivity index (χ4v) is 2.87. The maximum Gasteiger partial charge on any atom is 0.335 e. The Hall–Kier alpha value is -3.00. The number of imidazole rings is 1. The predicted molar refractivity (Wildman–Crippen MR) is 90.8 cm³/mol. The van der Waals surface area contributed by atoms with Crippen molar-refractivity contribution in [1.82, 2.24) is 19.5 Å². The first-order valence-electron chi connectivity index (χ1n) is 8.12. The van der Waals surface area contributed by atoms with E-state index in [-0.39, 0.29) is 11.8 Å². The van der Waals surface area contributed by atoms with Gasteiger partial charge < -0.3 is 15.2 Å². The van der Waals surface area contributed by atoms with Gasteiger partial charge in [-0.15, -0.1) is 0 Å². The second-order valence-electron chi connectivity index (χ2n) is 5.88. The molecular weight excluding hydrogens is 322 g/mol. The van der Waals surface area contributed by atoms with Crippen LogP contribution < -0.4 is 5.32 Å². The summed E-state index contributed by atoms with van der Waals surface area (Å²) in [5, 5.41) is 12.0. The van der Waals surface area contributed by atoms with Crippen LogP contribution in [-0.2, 0) is 4.74 Å². The topological polar surface area (TPSA) is 102 Å². The maximum absolute atomic E-state index is 10.9. The number of carboxylic acids is 1. The number of carboxylic acid groups (broad SMARTS) is 1. The van der Waals surface area contributed by atoms with Gasteiger partial charge in [0.15, 0.2) is 5.65 Å². The summed E-state index contributed by atoms with van der Waals surface area (Å²) in [6, 6.07) is 6.42. The summed E-state index contributed by atoms with van der Waals surface area (Å²) >= 11 is 0. The maximum atomic E-state index is 10.9. The molecule has 0 bridgehead atoms. The molecule has 3 heterocycles. The lowest BCUT2D eigenvalue weighted by atomic mass is 10.2. The van der Waals surface area contributed by atoms with E-state index in [1.54, 1.807) is 24.7 Å². The van der Waals surface area contributed by atoms with E-state index in [1.807, 2.05) is 4.57 Å². The molecule has 1 aliphatic heterocycles. The van der Waals surface area contributed by atoms with Crippen LogP contribution in [0.25, 0.3) is 11.2 Å². The Bertz CT molecular complexity index is 900. The van der Waals surface area contributed by atoms with E-state index in [9.17, 15) is 4.79 Å². The zero-order valence-electron chi connectivity index (χ0n) is 13.4. The van der Waals surface area contributed by atoms with Gasteiger partial charge in [-0.25, -0.2) is 14.8 Å². The molecule has 1 aromatic carbocycles. The molecule has 3 aromatic rings. The summed E-state index contributed by atoms with van der Waals surface area (Å²) in [5.41, 5.74) is 2.37. The fourth-order valence-electron chi connectivity index (χ4n) is 2.87. The molecule has 4 rings (SSSR count). The lowest BCUT2D eigenvalue weighted by Crippen LogP contribution is -2.17. The van der Waals surface area contributed by atoms with Gasteiger partial charge in [0.05, 0.1) is 18.1 Å². The highest BCUT2D eigenvalue weighted by molar-refractivity contribution is 5.88. The summed E-state index contributed by atoms with van der Waals surface area (Å²) in [6.45, 7) is 0.746. The van der Waals surface area contributed by atoms with E-state index >= 15 is 0 Å². The van der Waals surface area contributed by atoms with Gasteiger partial charge in [-0.1, -0.05) is 0 Å². The zero-order valence-corrected chi connectivity index (χ0v) is 13.4. The van der Waals surface area contributed by atoms with Crippen molar-refractivity contribution in [3.63, 3.8) is 0 Å². The summed E-state index contributed by atoms with van der Waals surface area (Å²) in [4.78, 5) is 24.1. The van der Waals surface area contributed by atoms with Gasteiger partial charge in [-0.2, -0.15) is 4.98 Å². The quantitative estimate of drug-likeness (QED) is 0.753. The van der Waals surface area contributed by atoms with E-state index in [1.165, 1.54) is 12.1 Å². The Morgan fingerprint density at radius 3 is 2.80 bits per heavy atom. The van der Waals surface area contributed by atoms with Crippen molar-refractivity contribution in [1.29, 1.82) is 0 Å². The minimum atomic E-state index is -0.958. The second-order valence-corrected chi connectivity index (χ2v) is 5.88. The molecule has 0 spiro atoms. The summed E-state index contributed by atoms with van der Waals surface area (Å²) in [5.74, 6) is -0.534. The van der Waals surface area contributed by atoms with Crippen molar-refractivity contribution in [2.45, 2.75) is 25.5 Å². The van der Waals surface area contributed by atoms with Crippen molar-refractivity contribution in [3.8, 4) is 0 Å². The Kier molecular flexibility index (Phi) is 4.02. The van der Waals surface area contributed by atoms with Gasteiger partial charge in [-0.05, 0) is 43.5 Å². The van der Waals surface area contributed by atoms with Crippen LogP contribution in [-0.4, -0.2) is 37.2 Å². The number of carbonyl (C=O) groups is 1. The molecule has 8 heteroatoms. The van der Waals surface area contributed by atoms with E-state index in [0.717, 1.165) is 25.9 Å². The largest absolute Gasteiger partial charge is 0.478 e. The van der Waals surface area contributed by atoms with Gasteiger partial charge in [0.2, 0.25) is 5.95 Å². The molecular formula is C17H17N5O3. The number of hydrogen-bond donors (Lipinski definition) is 2. The van der Waals surface area contributed by atoms with E-state index in [4.69, 9.17) is 9.84 Å². The molecule has 0 amide bonds. The van der Waals surface area contributed by atoms with Gasteiger partial charge >= 0.3 is 5.97 Å². The first kappa shape index (κ1) is 15.5. The SMILES string of the molecule is O=C(O)c1ccc(Nc2ncc3ncn(C4CCCCO4)c3n2)cc1.